The first-order chi connectivity index (χ1) is 16.2. The summed E-state index contributed by atoms with van der Waals surface area (Å²) in [5.74, 6) is 0.794. The second-order valence-electron chi connectivity index (χ2n) is 10.6. The summed E-state index contributed by atoms with van der Waals surface area (Å²) < 4.78 is 2.42. The molecule has 2 aromatic carbocycles. The summed E-state index contributed by atoms with van der Waals surface area (Å²) >= 11 is 0. The highest BCUT2D eigenvalue weighted by atomic mass is 16.2. The molecule has 0 bridgehead atoms. The van der Waals surface area contributed by atoms with Gasteiger partial charge in [-0.25, -0.2) is 0 Å². The van der Waals surface area contributed by atoms with Crippen LogP contribution in [0.3, 0.4) is 0 Å². The monoisotopic (exact) mass is 441 g/mol. The van der Waals surface area contributed by atoms with Crippen molar-refractivity contribution >= 4 is 16.8 Å². The van der Waals surface area contributed by atoms with Crippen LogP contribution in [-0.4, -0.2) is 41.1 Å². The van der Waals surface area contributed by atoms with Crippen molar-refractivity contribution in [3.63, 3.8) is 0 Å². The van der Waals surface area contributed by atoms with Crippen molar-refractivity contribution in [2.45, 2.75) is 69.5 Å². The molecule has 6 rings (SSSR count). The molecule has 4 heteroatoms. The van der Waals surface area contributed by atoms with Crippen LogP contribution in [0.5, 0.6) is 0 Å². The van der Waals surface area contributed by atoms with Crippen molar-refractivity contribution < 1.29 is 4.79 Å². The van der Waals surface area contributed by atoms with Crippen LogP contribution >= 0.6 is 0 Å². The Bertz CT molecular complexity index is 1140. The zero-order valence-electron chi connectivity index (χ0n) is 19.7. The lowest BCUT2D eigenvalue weighted by molar-refractivity contribution is -0.128. The standard InChI is InChI=1S/C29H35N3O/c1-31-18-22(29(33)30-23-11-6-3-7-12-23)15-25-24-13-8-14-26-28(24)21(16-27(25)31)19-32(26)17-20-9-4-2-5-10-20/h2,4-5,8-10,13-14,19,22-23,25,27H,3,6-7,11-12,15-18H2,1H3,(H,30,33)/t22-,25-,27-/m1/s1. The van der Waals surface area contributed by atoms with E-state index in [1.807, 2.05) is 0 Å². The summed E-state index contributed by atoms with van der Waals surface area (Å²) in [4.78, 5) is 15.7. The van der Waals surface area contributed by atoms with Gasteiger partial charge in [0.25, 0.3) is 0 Å². The number of hydrogen-bond donors (Lipinski definition) is 1. The molecule has 1 aromatic heterocycles. The van der Waals surface area contributed by atoms with Gasteiger partial charge in [-0.2, -0.15) is 0 Å². The van der Waals surface area contributed by atoms with E-state index in [1.165, 1.54) is 46.9 Å². The molecular formula is C29H35N3O. The van der Waals surface area contributed by atoms with E-state index in [-0.39, 0.29) is 11.8 Å². The van der Waals surface area contributed by atoms with Gasteiger partial charge < -0.3 is 14.8 Å². The molecule has 33 heavy (non-hydrogen) atoms. The third kappa shape index (κ3) is 3.89. The zero-order valence-corrected chi connectivity index (χ0v) is 19.7. The van der Waals surface area contributed by atoms with E-state index in [0.29, 0.717) is 18.0 Å². The van der Waals surface area contributed by atoms with Crippen molar-refractivity contribution in [1.82, 2.24) is 14.8 Å². The predicted octanol–water partition coefficient (Wildman–Crippen LogP) is 5.10. The third-order valence-electron chi connectivity index (χ3n) is 8.44. The highest BCUT2D eigenvalue weighted by Gasteiger charge is 2.42. The highest BCUT2D eigenvalue weighted by Crippen LogP contribution is 2.45. The van der Waals surface area contributed by atoms with E-state index in [2.05, 4.69) is 76.6 Å². The van der Waals surface area contributed by atoms with Gasteiger partial charge >= 0.3 is 0 Å². The van der Waals surface area contributed by atoms with Crippen molar-refractivity contribution in [2.24, 2.45) is 5.92 Å². The summed E-state index contributed by atoms with van der Waals surface area (Å²) in [5, 5.41) is 4.85. The zero-order chi connectivity index (χ0) is 22.4. The number of hydrogen-bond acceptors (Lipinski definition) is 2. The Morgan fingerprint density at radius 1 is 1.03 bits per heavy atom. The number of nitrogens with zero attached hydrogens (tertiary/aromatic N) is 2. The summed E-state index contributed by atoms with van der Waals surface area (Å²) in [6, 6.07) is 18.4. The molecule has 2 fully saturated rings. The number of aromatic nitrogens is 1. The largest absolute Gasteiger partial charge is 0.353 e. The minimum Gasteiger partial charge on any atom is -0.353 e. The van der Waals surface area contributed by atoms with Crippen molar-refractivity contribution in [1.29, 1.82) is 0 Å². The second-order valence-corrected chi connectivity index (χ2v) is 10.6. The van der Waals surface area contributed by atoms with Crippen molar-refractivity contribution in [3.8, 4) is 0 Å². The van der Waals surface area contributed by atoms with Crippen LogP contribution in [0.2, 0.25) is 0 Å². The highest BCUT2D eigenvalue weighted by molar-refractivity contribution is 5.89. The molecule has 0 spiro atoms. The van der Waals surface area contributed by atoms with E-state index in [1.54, 1.807) is 0 Å². The topological polar surface area (TPSA) is 37.3 Å². The average molecular weight is 442 g/mol. The fraction of sp³-hybridized carbons (Fsp3) is 0.483. The molecule has 3 aromatic rings. The van der Waals surface area contributed by atoms with Gasteiger partial charge in [0.2, 0.25) is 5.91 Å². The molecule has 2 aliphatic carbocycles. The number of carbonyl (C=O) groups excluding carboxylic acids is 1. The number of piperidine rings is 1. The first-order valence-electron chi connectivity index (χ1n) is 12.8. The van der Waals surface area contributed by atoms with Crippen LogP contribution in [-0.2, 0) is 17.8 Å². The van der Waals surface area contributed by atoms with Gasteiger partial charge in [-0.3, -0.25) is 4.79 Å². The van der Waals surface area contributed by atoms with Gasteiger partial charge in [0, 0.05) is 48.2 Å². The van der Waals surface area contributed by atoms with Crippen LogP contribution < -0.4 is 5.32 Å². The lowest BCUT2D eigenvalue weighted by atomic mass is 9.72. The van der Waals surface area contributed by atoms with Crippen molar-refractivity contribution in [2.75, 3.05) is 13.6 Å². The molecule has 1 aliphatic heterocycles. The summed E-state index contributed by atoms with van der Waals surface area (Å²) in [7, 11) is 2.23. The maximum absolute atomic E-state index is 13.2. The van der Waals surface area contributed by atoms with Gasteiger partial charge in [0.1, 0.15) is 0 Å². The van der Waals surface area contributed by atoms with E-state index in [9.17, 15) is 4.79 Å². The van der Waals surface area contributed by atoms with Gasteiger partial charge in [-0.15, -0.1) is 0 Å². The number of carbonyl (C=O) groups is 1. The van der Waals surface area contributed by atoms with Crippen LogP contribution in [0.1, 0.15) is 61.1 Å². The molecular weight excluding hydrogens is 406 g/mol. The number of amides is 1. The first kappa shape index (κ1) is 21.0. The van der Waals surface area contributed by atoms with Crippen LogP contribution in [0, 0.1) is 5.92 Å². The van der Waals surface area contributed by atoms with E-state index >= 15 is 0 Å². The fourth-order valence-corrected chi connectivity index (χ4v) is 6.79. The molecule has 1 amide bonds. The Balaban J connectivity index is 1.28. The van der Waals surface area contributed by atoms with Crippen LogP contribution in [0.4, 0.5) is 0 Å². The molecule has 172 valence electrons. The lowest BCUT2D eigenvalue weighted by Crippen LogP contribution is -2.52. The third-order valence-corrected chi connectivity index (χ3v) is 8.44. The average Bonchev–Trinajstić information content (AvgIpc) is 3.19. The van der Waals surface area contributed by atoms with Crippen molar-refractivity contribution in [3.05, 3.63) is 71.4 Å². The first-order valence-corrected chi connectivity index (χ1v) is 12.8. The van der Waals surface area contributed by atoms with Crippen LogP contribution in [0.15, 0.2) is 54.7 Å². The van der Waals surface area contributed by atoms with E-state index < -0.39 is 0 Å². The Morgan fingerprint density at radius 2 is 1.85 bits per heavy atom. The minimum absolute atomic E-state index is 0.0846. The normalized spacial score (nSPS) is 25.7. The summed E-state index contributed by atoms with van der Waals surface area (Å²) in [5.41, 5.74) is 5.59. The second kappa shape index (κ2) is 8.64. The molecule has 1 N–H and O–H groups in total. The number of fused-ring (bicyclic) bond motifs is 2. The maximum atomic E-state index is 13.2. The summed E-state index contributed by atoms with van der Waals surface area (Å²) in [6.07, 6.45) is 10.6. The Kier molecular flexibility index (Phi) is 5.49. The number of likely N-dealkylation sites (tertiary alicyclic amines) is 1. The molecule has 0 unspecified atom stereocenters. The smallest absolute Gasteiger partial charge is 0.224 e. The van der Waals surface area contributed by atoms with E-state index in [0.717, 1.165) is 38.8 Å². The SMILES string of the molecule is CN1C[C@H](C(=O)NC2CCCCC2)C[C@@H]2c3cccc4c3c(cn4Cc3ccccc3)C[C@H]21. The number of benzene rings is 2. The van der Waals surface area contributed by atoms with Gasteiger partial charge in [0.05, 0.1) is 5.92 Å². The molecule has 3 aliphatic rings. The van der Waals surface area contributed by atoms with E-state index in [4.69, 9.17) is 0 Å². The quantitative estimate of drug-likeness (QED) is 0.612. The number of nitrogens with one attached hydrogen (secondary N) is 1. The molecule has 4 nitrogen and oxygen atoms in total. The Hall–Kier alpha value is -2.59. The molecule has 3 atom stereocenters. The minimum atomic E-state index is 0.0846. The van der Waals surface area contributed by atoms with Crippen LogP contribution in [0.25, 0.3) is 10.9 Å². The number of likely N-dealkylation sites (N-methyl/N-ethyl adjacent to an activating group) is 1. The molecule has 1 saturated heterocycles. The lowest BCUT2D eigenvalue weighted by Gasteiger charge is -2.45. The fourth-order valence-electron chi connectivity index (χ4n) is 6.79. The maximum Gasteiger partial charge on any atom is 0.224 e. The molecule has 1 saturated carbocycles. The predicted molar refractivity (Wildman–Crippen MR) is 133 cm³/mol. The Morgan fingerprint density at radius 3 is 2.67 bits per heavy atom. The molecule has 0 radical (unpaired) electrons. The van der Waals surface area contributed by atoms with Gasteiger partial charge in [0.15, 0.2) is 0 Å². The Labute approximate surface area is 197 Å². The van der Waals surface area contributed by atoms with Gasteiger partial charge in [-0.05, 0) is 55.5 Å². The molecule has 2 heterocycles. The number of rotatable bonds is 4. The van der Waals surface area contributed by atoms with Gasteiger partial charge in [-0.1, -0.05) is 61.7 Å². The summed E-state index contributed by atoms with van der Waals surface area (Å²) in [6.45, 7) is 1.77.